The van der Waals surface area contributed by atoms with Crippen LogP contribution >= 0.6 is 0 Å². The van der Waals surface area contributed by atoms with Crippen molar-refractivity contribution in [3.05, 3.63) is 0 Å². The molecule has 4 nitrogen and oxygen atoms in total. The molecule has 2 N–H and O–H groups in total. The van der Waals surface area contributed by atoms with Crippen LogP contribution in [0.15, 0.2) is 0 Å². The van der Waals surface area contributed by atoms with E-state index in [1.165, 1.54) is 0 Å². The first kappa shape index (κ1) is 14.8. The Hall–Kier alpha value is -0.160. The molecule has 0 saturated carbocycles. The van der Waals surface area contributed by atoms with Crippen molar-refractivity contribution in [1.82, 2.24) is 5.32 Å². The van der Waals surface area contributed by atoms with Crippen molar-refractivity contribution in [3.63, 3.8) is 0 Å². The quantitative estimate of drug-likeness (QED) is 0.533. The van der Waals surface area contributed by atoms with E-state index in [-0.39, 0.29) is 6.10 Å². The van der Waals surface area contributed by atoms with Crippen LogP contribution in [0.1, 0.15) is 27.2 Å². The molecule has 0 radical (unpaired) electrons. The Bertz CT molecular complexity index is 133. The molecular formula is C11H25NO3. The van der Waals surface area contributed by atoms with Crippen LogP contribution in [-0.2, 0) is 9.47 Å². The number of hydrogen-bond donors (Lipinski definition) is 2. The average molecular weight is 219 g/mol. The zero-order chi connectivity index (χ0) is 11.5. The van der Waals surface area contributed by atoms with Gasteiger partial charge in [0.15, 0.2) is 0 Å². The van der Waals surface area contributed by atoms with Gasteiger partial charge in [0.1, 0.15) is 0 Å². The lowest BCUT2D eigenvalue weighted by Gasteiger charge is -2.16. The number of rotatable bonds is 10. The molecule has 0 amide bonds. The van der Waals surface area contributed by atoms with Gasteiger partial charge >= 0.3 is 0 Å². The molecule has 15 heavy (non-hydrogen) atoms. The highest BCUT2D eigenvalue weighted by molar-refractivity contribution is 4.59. The molecular weight excluding hydrogens is 194 g/mol. The number of hydrogen-bond acceptors (Lipinski definition) is 4. The molecule has 0 aromatic rings. The predicted octanol–water partition coefficient (Wildman–Crippen LogP) is 0.788. The van der Waals surface area contributed by atoms with Crippen LogP contribution in [-0.4, -0.2) is 50.2 Å². The van der Waals surface area contributed by atoms with Crippen molar-refractivity contribution in [2.45, 2.75) is 39.4 Å². The second-order valence-corrected chi connectivity index (χ2v) is 3.66. The molecule has 0 aliphatic rings. The second kappa shape index (κ2) is 10.4. The largest absolute Gasteiger partial charge is 0.389 e. The topological polar surface area (TPSA) is 50.7 Å². The van der Waals surface area contributed by atoms with Crippen molar-refractivity contribution < 1.29 is 14.6 Å². The van der Waals surface area contributed by atoms with Gasteiger partial charge < -0.3 is 19.9 Å². The summed E-state index contributed by atoms with van der Waals surface area (Å²) in [5.74, 6) is 0. The zero-order valence-electron chi connectivity index (χ0n) is 10.2. The van der Waals surface area contributed by atoms with Crippen LogP contribution < -0.4 is 5.32 Å². The molecule has 4 heteroatoms. The number of ether oxygens (including phenoxy) is 2. The Morgan fingerprint density at radius 2 is 2.00 bits per heavy atom. The van der Waals surface area contributed by atoms with Crippen LogP contribution in [0.2, 0.25) is 0 Å². The van der Waals surface area contributed by atoms with Gasteiger partial charge in [0.05, 0.1) is 25.4 Å². The Morgan fingerprint density at radius 3 is 2.60 bits per heavy atom. The zero-order valence-corrected chi connectivity index (χ0v) is 10.2. The third kappa shape index (κ3) is 10.1. The van der Waals surface area contributed by atoms with Crippen LogP contribution in [0, 0.1) is 0 Å². The molecule has 0 spiro atoms. The molecule has 0 heterocycles. The summed E-state index contributed by atoms with van der Waals surface area (Å²) in [5, 5.41) is 12.7. The summed E-state index contributed by atoms with van der Waals surface area (Å²) in [6.07, 6.45) is 0.695. The minimum Gasteiger partial charge on any atom is -0.389 e. The summed E-state index contributed by atoms with van der Waals surface area (Å²) in [6.45, 7) is 9.18. The van der Waals surface area contributed by atoms with E-state index in [1.54, 1.807) is 0 Å². The molecule has 2 unspecified atom stereocenters. The molecule has 0 fully saturated rings. The van der Waals surface area contributed by atoms with E-state index in [4.69, 9.17) is 9.47 Å². The van der Waals surface area contributed by atoms with Gasteiger partial charge in [0.2, 0.25) is 0 Å². The van der Waals surface area contributed by atoms with Gasteiger partial charge in [-0.15, -0.1) is 0 Å². The maximum Gasteiger partial charge on any atom is 0.0897 e. The summed E-state index contributed by atoms with van der Waals surface area (Å²) < 4.78 is 10.6. The first-order valence-corrected chi connectivity index (χ1v) is 5.78. The lowest BCUT2D eigenvalue weighted by Crippen LogP contribution is -2.32. The summed E-state index contributed by atoms with van der Waals surface area (Å²) in [7, 11) is 0. The highest BCUT2D eigenvalue weighted by Crippen LogP contribution is 1.94. The highest BCUT2D eigenvalue weighted by Gasteiger charge is 2.07. The molecule has 0 rings (SSSR count). The third-order valence-corrected chi connectivity index (χ3v) is 1.94. The van der Waals surface area contributed by atoms with E-state index in [0.717, 1.165) is 13.0 Å². The minimum atomic E-state index is -0.430. The van der Waals surface area contributed by atoms with Gasteiger partial charge in [-0.1, -0.05) is 6.92 Å². The van der Waals surface area contributed by atoms with Crippen LogP contribution in [0.3, 0.4) is 0 Å². The van der Waals surface area contributed by atoms with Crippen molar-refractivity contribution in [3.8, 4) is 0 Å². The molecule has 0 saturated heterocycles. The Labute approximate surface area is 93.0 Å². The predicted molar refractivity (Wildman–Crippen MR) is 61.1 cm³/mol. The monoisotopic (exact) mass is 219 g/mol. The summed E-state index contributed by atoms with van der Waals surface area (Å²) in [6, 6.07) is 0. The minimum absolute atomic E-state index is 0.0470. The lowest BCUT2D eigenvalue weighted by atomic mass is 10.3. The third-order valence-electron chi connectivity index (χ3n) is 1.94. The number of aliphatic hydroxyl groups is 1. The fraction of sp³-hybridized carbons (Fsp3) is 1.00. The summed E-state index contributed by atoms with van der Waals surface area (Å²) in [5.41, 5.74) is 0. The fourth-order valence-corrected chi connectivity index (χ4v) is 1.11. The van der Waals surface area contributed by atoms with E-state index in [0.29, 0.717) is 26.4 Å². The van der Waals surface area contributed by atoms with Crippen LogP contribution in [0.4, 0.5) is 0 Å². The Kier molecular flexibility index (Phi) is 10.3. The van der Waals surface area contributed by atoms with E-state index in [9.17, 15) is 5.11 Å². The molecule has 0 aromatic heterocycles. The SMILES string of the molecule is CCCNCC(O)COC(C)COCC. The molecule has 2 atom stereocenters. The number of nitrogens with one attached hydrogen (secondary N) is 1. The Morgan fingerprint density at radius 1 is 1.27 bits per heavy atom. The maximum atomic E-state index is 9.52. The molecule has 0 aliphatic heterocycles. The fourth-order valence-electron chi connectivity index (χ4n) is 1.11. The number of aliphatic hydroxyl groups excluding tert-OH is 1. The Balaban J connectivity index is 3.31. The molecule has 0 aliphatic carbocycles. The van der Waals surface area contributed by atoms with Gasteiger partial charge in [0.25, 0.3) is 0 Å². The summed E-state index contributed by atoms with van der Waals surface area (Å²) >= 11 is 0. The second-order valence-electron chi connectivity index (χ2n) is 3.66. The van der Waals surface area contributed by atoms with Crippen molar-refractivity contribution in [2.24, 2.45) is 0 Å². The smallest absolute Gasteiger partial charge is 0.0897 e. The van der Waals surface area contributed by atoms with Crippen molar-refractivity contribution in [1.29, 1.82) is 0 Å². The maximum absolute atomic E-state index is 9.52. The van der Waals surface area contributed by atoms with E-state index in [2.05, 4.69) is 12.2 Å². The van der Waals surface area contributed by atoms with Gasteiger partial charge in [-0.05, 0) is 26.8 Å². The standard InChI is InChI=1S/C11H25NO3/c1-4-6-12-7-11(13)9-15-10(3)8-14-5-2/h10-13H,4-9H2,1-3H3. The molecule has 92 valence electrons. The molecule has 0 aromatic carbocycles. The van der Waals surface area contributed by atoms with Crippen LogP contribution in [0.25, 0.3) is 0 Å². The molecule has 0 bridgehead atoms. The van der Waals surface area contributed by atoms with E-state index in [1.807, 2.05) is 13.8 Å². The lowest BCUT2D eigenvalue weighted by molar-refractivity contribution is -0.0380. The van der Waals surface area contributed by atoms with Gasteiger partial charge in [-0.25, -0.2) is 0 Å². The van der Waals surface area contributed by atoms with E-state index < -0.39 is 6.10 Å². The van der Waals surface area contributed by atoms with Gasteiger partial charge in [-0.2, -0.15) is 0 Å². The van der Waals surface area contributed by atoms with E-state index >= 15 is 0 Å². The summed E-state index contributed by atoms with van der Waals surface area (Å²) in [4.78, 5) is 0. The van der Waals surface area contributed by atoms with Crippen molar-refractivity contribution in [2.75, 3.05) is 32.9 Å². The first-order chi connectivity index (χ1) is 7.20. The van der Waals surface area contributed by atoms with Crippen molar-refractivity contribution >= 4 is 0 Å². The highest BCUT2D eigenvalue weighted by atomic mass is 16.5. The average Bonchev–Trinajstić information content (AvgIpc) is 2.24. The van der Waals surface area contributed by atoms with Crippen LogP contribution in [0.5, 0.6) is 0 Å². The normalized spacial score (nSPS) is 15.2. The van der Waals surface area contributed by atoms with Gasteiger partial charge in [0, 0.05) is 13.2 Å². The first-order valence-electron chi connectivity index (χ1n) is 5.78. The van der Waals surface area contributed by atoms with Gasteiger partial charge in [-0.3, -0.25) is 0 Å².